The Kier molecular flexibility index (Phi) is 4.50. The van der Waals surface area contributed by atoms with E-state index in [1.807, 2.05) is 26.0 Å². The van der Waals surface area contributed by atoms with E-state index in [1.165, 1.54) is 0 Å². The van der Waals surface area contributed by atoms with Crippen LogP contribution in [0.2, 0.25) is 0 Å². The summed E-state index contributed by atoms with van der Waals surface area (Å²) in [5.41, 5.74) is 2.98. The molecule has 0 saturated heterocycles. The molecule has 0 fully saturated rings. The van der Waals surface area contributed by atoms with Gasteiger partial charge in [0.15, 0.2) is 0 Å². The monoisotopic (exact) mass is 220 g/mol. The van der Waals surface area contributed by atoms with Crippen molar-refractivity contribution in [2.24, 2.45) is 0 Å². The molecule has 1 heterocycles. The fourth-order valence-corrected chi connectivity index (χ4v) is 1.82. The molecule has 0 spiro atoms. The number of pyridine rings is 1. The molecule has 0 saturated carbocycles. The average Bonchev–Trinajstić information content (AvgIpc) is 2.25. The highest BCUT2D eigenvalue weighted by Crippen LogP contribution is 2.22. The van der Waals surface area contributed by atoms with Crippen LogP contribution in [0.5, 0.6) is 0 Å². The molecule has 1 rings (SSSR count). The summed E-state index contributed by atoms with van der Waals surface area (Å²) in [6.07, 6.45) is 1.85. The van der Waals surface area contributed by atoms with Crippen molar-refractivity contribution in [3.63, 3.8) is 0 Å². The zero-order valence-electron chi connectivity index (χ0n) is 10.3. The van der Waals surface area contributed by atoms with Gasteiger partial charge in [-0.05, 0) is 32.4 Å². The van der Waals surface area contributed by atoms with Crippen molar-refractivity contribution in [1.82, 2.24) is 4.98 Å². The number of anilines is 1. The summed E-state index contributed by atoms with van der Waals surface area (Å²) < 4.78 is 0. The number of rotatable bonds is 5. The second-order valence-electron chi connectivity index (χ2n) is 3.87. The maximum absolute atomic E-state index is 9.41. The average molecular weight is 220 g/mol. The van der Waals surface area contributed by atoms with Crippen LogP contribution in [0.15, 0.2) is 18.7 Å². The minimum atomic E-state index is 0.0299. The van der Waals surface area contributed by atoms with Gasteiger partial charge in [-0.25, -0.2) is 4.98 Å². The number of aliphatic hydroxyl groups excluding tert-OH is 1. The number of likely N-dealkylation sites (N-methyl/N-ethyl adjacent to an activating group) is 1. The summed E-state index contributed by atoms with van der Waals surface area (Å²) in [4.78, 5) is 6.62. The number of nitrogens with zero attached hydrogens (tertiary/aromatic N) is 2. The van der Waals surface area contributed by atoms with Crippen molar-refractivity contribution in [3.8, 4) is 0 Å². The van der Waals surface area contributed by atoms with Crippen LogP contribution < -0.4 is 4.90 Å². The molecular formula is C13H20N2O. The van der Waals surface area contributed by atoms with Crippen LogP contribution in [0.4, 0.5) is 5.82 Å². The Hall–Kier alpha value is -1.35. The fourth-order valence-electron chi connectivity index (χ4n) is 1.82. The quantitative estimate of drug-likeness (QED) is 0.773. The Labute approximate surface area is 97.4 Å². The number of aryl methyl sites for hydroxylation is 2. The molecule has 0 aliphatic carbocycles. The van der Waals surface area contributed by atoms with Crippen molar-refractivity contribution >= 4 is 5.82 Å². The first kappa shape index (κ1) is 12.7. The third-order valence-corrected chi connectivity index (χ3v) is 2.64. The van der Waals surface area contributed by atoms with Gasteiger partial charge in [0.25, 0.3) is 0 Å². The standard InChI is InChI=1S/C13H20N2O/c1-5-7-15(6-2)13-12(9-16)10(3)8-11(4)14-13/h5,8,16H,1,6-7,9H2,2-4H3. The normalized spacial score (nSPS) is 10.2. The SMILES string of the molecule is C=CCN(CC)c1nc(C)cc(C)c1CO. The first-order valence-electron chi connectivity index (χ1n) is 5.57. The lowest BCUT2D eigenvalue weighted by molar-refractivity contribution is 0.281. The van der Waals surface area contributed by atoms with E-state index in [-0.39, 0.29) is 6.61 Å². The molecule has 0 atom stereocenters. The maximum atomic E-state index is 9.41. The number of aliphatic hydroxyl groups is 1. The van der Waals surface area contributed by atoms with Gasteiger partial charge < -0.3 is 10.0 Å². The van der Waals surface area contributed by atoms with Gasteiger partial charge in [0, 0.05) is 24.3 Å². The highest BCUT2D eigenvalue weighted by molar-refractivity contribution is 5.51. The molecule has 88 valence electrons. The summed E-state index contributed by atoms with van der Waals surface area (Å²) >= 11 is 0. The summed E-state index contributed by atoms with van der Waals surface area (Å²) in [5, 5.41) is 9.41. The van der Waals surface area contributed by atoms with Gasteiger partial charge >= 0.3 is 0 Å². The van der Waals surface area contributed by atoms with Gasteiger partial charge in [0.05, 0.1) is 6.61 Å². The van der Waals surface area contributed by atoms with Crippen LogP contribution in [0.3, 0.4) is 0 Å². The largest absolute Gasteiger partial charge is 0.392 e. The minimum absolute atomic E-state index is 0.0299. The number of hydrogen-bond acceptors (Lipinski definition) is 3. The van der Waals surface area contributed by atoms with Crippen LogP contribution in [0, 0.1) is 13.8 Å². The molecule has 16 heavy (non-hydrogen) atoms. The second-order valence-corrected chi connectivity index (χ2v) is 3.87. The van der Waals surface area contributed by atoms with Crippen LogP contribution in [-0.4, -0.2) is 23.2 Å². The van der Waals surface area contributed by atoms with E-state index < -0.39 is 0 Å². The zero-order valence-corrected chi connectivity index (χ0v) is 10.3. The van der Waals surface area contributed by atoms with E-state index in [9.17, 15) is 5.11 Å². The van der Waals surface area contributed by atoms with Crippen LogP contribution in [0.1, 0.15) is 23.7 Å². The topological polar surface area (TPSA) is 36.4 Å². The molecule has 0 amide bonds. The molecule has 3 nitrogen and oxygen atoms in total. The summed E-state index contributed by atoms with van der Waals surface area (Å²) in [6.45, 7) is 11.4. The zero-order chi connectivity index (χ0) is 12.1. The molecule has 3 heteroatoms. The molecule has 1 aromatic heterocycles. The predicted octanol–water partition coefficient (Wildman–Crippen LogP) is 2.20. The van der Waals surface area contributed by atoms with Gasteiger partial charge in [0.2, 0.25) is 0 Å². The summed E-state index contributed by atoms with van der Waals surface area (Å²) in [6, 6.07) is 2.00. The van der Waals surface area contributed by atoms with Crippen molar-refractivity contribution in [3.05, 3.63) is 35.5 Å². The molecule has 0 aliphatic heterocycles. The maximum Gasteiger partial charge on any atom is 0.134 e. The summed E-state index contributed by atoms with van der Waals surface area (Å²) in [7, 11) is 0. The van der Waals surface area contributed by atoms with E-state index in [4.69, 9.17) is 0 Å². The Bertz CT molecular complexity index is 374. The number of hydrogen-bond donors (Lipinski definition) is 1. The highest BCUT2D eigenvalue weighted by Gasteiger charge is 2.12. The van der Waals surface area contributed by atoms with E-state index in [0.717, 1.165) is 35.7 Å². The third kappa shape index (κ3) is 2.61. The van der Waals surface area contributed by atoms with Gasteiger partial charge in [-0.1, -0.05) is 6.08 Å². The molecule has 0 aliphatic rings. The van der Waals surface area contributed by atoms with Crippen LogP contribution in [-0.2, 0) is 6.61 Å². The number of aromatic nitrogens is 1. The fraction of sp³-hybridized carbons (Fsp3) is 0.462. The first-order valence-corrected chi connectivity index (χ1v) is 5.57. The van der Waals surface area contributed by atoms with Crippen molar-refractivity contribution in [2.45, 2.75) is 27.4 Å². The predicted molar refractivity (Wildman–Crippen MR) is 67.7 cm³/mol. The lowest BCUT2D eigenvalue weighted by Crippen LogP contribution is -2.25. The lowest BCUT2D eigenvalue weighted by atomic mass is 10.1. The van der Waals surface area contributed by atoms with Gasteiger partial charge in [-0.3, -0.25) is 0 Å². The van der Waals surface area contributed by atoms with Gasteiger partial charge in [0.1, 0.15) is 5.82 Å². The highest BCUT2D eigenvalue weighted by atomic mass is 16.3. The molecule has 0 bridgehead atoms. The Morgan fingerprint density at radius 3 is 2.69 bits per heavy atom. The Morgan fingerprint density at radius 2 is 2.19 bits per heavy atom. The molecule has 0 radical (unpaired) electrons. The minimum Gasteiger partial charge on any atom is -0.392 e. The molecule has 1 N–H and O–H groups in total. The third-order valence-electron chi connectivity index (χ3n) is 2.64. The first-order chi connectivity index (χ1) is 7.63. The molecule has 0 unspecified atom stereocenters. The summed E-state index contributed by atoms with van der Waals surface area (Å²) in [5.74, 6) is 0.877. The van der Waals surface area contributed by atoms with E-state index in [2.05, 4.69) is 23.4 Å². The van der Waals surface area contributed by atoms with Crippen molar-refractivity contribution in [1.29, 1.82) is 0 Å². The van der Waals surface area contributed by atoms with Crippen molar-refractivity contribution < 1.29 is 5.11 Å². The Morgan fingerprint density at radius 1 is 1.50 bits per heavy atom. The van der Waals surface area contributed by atoms with E-state index in [1.54, 1.807) is 0 Å². The second kappa shape index (κ2) is 5.66. The van der Waals surface area contributed by atoms with E-state index >= 15 is 0 Å². The molecular weight excluding hydrogens is 200 g/mol. The Balaban J connectivity index is 3.22. The molecule has 0 aromatic carbocycles. The van der Waals surface area contributed by atoms with E-state index in [0.29, 0.717) is 0 Å². The van der Waals surface area contributed by atoms with Gasteiger partial charge in [-0.15, -0.1) is 6.58 Å². The molecule has 1 aromatic rings. The van der Waals surface area contributed by atoms with Gasteiger partial charge in [-0.2, -0.15) is 0 Å². The van der Waals surface area contributed by atoms with Crippen LogP contribution >= 0.6 is 0 Å². The van der Waals surface area contributed by atoms with Crippen molar-refractivity contribution in [2.75, 3.05) is 18.0 Å². The lowest BCUT2D eigenvalue weighted by Gasteiger charge is -2.24. The smallest absolute Gasteiger partial charge is 0.134 e. The van der Waals surface area contributed by atoms with Crippen LogP contribution in [0.25, 0.3) is 0 Å².